The molecular weight excluding hydrogens is 422 g/mol. The van der Waals surface area contributed by atoms with E-state index in [1.165, 1.54) is 0 Å². The van der Waals surface area contributed by atoms with Gasteiger partial charge in [-0.1, -0.05) is 51.8 Å². The van der Waals surface area contributed by atoms with Gasteiger partial charge >= 0.3 is 0 Å². The van der Waals surface area contributed by atoms with Gasteiger partial charge in [-0.15, -0.1) is 0 Å². The number of hydrogen-bond acceptors (Lipinski definition) is 2. The molecule has 0 aliphatic rings. The molecule has 2 aromatic carbocycles. The standard InChI is InChI=1S/C18H19Br2NO2/c1-11(2)15-9-16(20)12(3)7-17(15)23-10-18(22)21-14-6-4-5-13(19)8-14/h4-9,11H,10H2,1-3H3,(H,21,22). The molecule has 0 bridgehead atoms. The summed E-state index contributed by atoms with van der Waals surface area (Å²) in [6, 6.07) is 11.5. The maximum Gasteiger partial charge on any atom is 0.262 e. The number of aryl methyl sites for hydroxylation is 1. The lowest BCUT2D eigenvalue weighted by atomic mass is 10.0. The Hall–Kier alpha value is -1.33. The average Bonchev–Trinajstić information content (AvgIpc) is 2.47. The van der Waals surface area contributed by atoms with E-state index in [1.54, 1.807) is 0 Å². The van der Waals surface area contributed by atoms with Crippen LogP contribution in [0.25, 0.3) is 0 Å². The highest BCUT2D eigenvalue weighted by Crippen LogP contribution is 2.32. The third-order valence-corrected chi connectivity index (χ3v) is 4.73. The van der Waals surface area contributed by atoms with Crippen LogP contribution < -0.4 is 10.1 Å². The number of hydrogen-bond donors (Lipinski definition) is 1. The predicted octanol–water partition coefficient (Wildman–Crippen LogP) is 5.66. The number of amides is 1. The minimum Gasteiger partial charge on any atom is -0.483 e. The van der Waals surface area contributed by atoms with Crippen molar-refractivity contribution >= 4 is 43.5 Å². The number of ether oxygens (including phenoxy) is 1. The van der Waals surface area contributed by atoms with Gasteiger partial charge in [0.15, 0.2) is 6.61 Å². The Morgan fingerprint density at radius 2 is 1.96 bits per heavy atom. The summed E-state index contributed by atoms with van der Waals surface area (Å²) in [6.07, 6.45) is 0. The summed E-state index contributed by atoms with van der Waals surface area (Å²) in [4.78, 5) is 12.1. The van der Waals surface area contributed by atoms with E-state index in [9.17, 15) is 4.79 Å². The number of nitrogens with one attached hydrogen (secondary N) is 1. The largest absolute Gasteiger partial charge is 0.483 e. The fourth-order valence-electron chi connectivity index (χ4n) is 2.15. The summed E-state index contributed by atoms with van der Waals surface area (Å²) < 4.78 is 7.72. The monoisotopic (exact) mass is 439 g/mol. The zero-order valence-electron chi connectivity index (χ0n) is 13.3. The first kappa shape index (κ1) is 18.0. The third-order valence-electron chi connectivity index (χ3n) is 3.38. The van der Waals surface area contributed by atoms with E-state index in [4.69, 9.17) is 4.74 Å². The molecule has 1 amide bonds. The van der Waals surface area contributed by atoms with E-state index in [0.717, 1.165) is 31.5 Å². The van der Waals surface area contributed by atoms with Crippen LogP contribution in [0.15, 0.2) is 45.3 Å². The van der Waals surface area contributed by atoms with Crippen molar-refractivity contribution in [3.05, 3.63) is 56.5 Å². The Balaban J connectivity index is 2.05. The van der Waals surface area contributed by atoms with Gasteiger partial charge in [0.1, 0.15) is 5.75 Å². The third kappa shape index (κ3) is 5.08. The van der Waals surface area contributed by atoms with Crippen LogP contribution in [0, 0.1) is 6.92 Å². The number of carbonyl (C=O) groups excluding carboxylic acids is 1. The molecule has 0 aliphatic carbocycles. The van der Waals surface area contributed by atoms with E-state index in [0.29, 0.717) is 5.92 Å². The van der Waals surface area contributed by atoms with Crippen LogP contribution in [0.3, 0.4) is 0 Å². The molecule has 0 radical (unpaired) electrons. The number of anilines is 1. The van der Waals surface area contributed by atoms with Gasteiger partial charge in [0.05, 0.1) is 0 Å². The van der Waals surface area contributed by atoms with Crippen LogP contribution >= 0.6 is 31.9 Å². The number of carbonyl (C=O) groups is 1. The van der Waals surface area contributed by atoms with E-state index >= 15 is 0 Å². The van der Waals surface area contributed by atoms with Gasteiger partial charge in [-0.25, -0.2) is 0 Å². The molecule has 0 unspecified atom stereocenters. The Morgan fingerprint density at radius 3 is 2.61 bits per heavy atom. The summed E-state index contributed by atoms with van der Waals surface area (Å²) in [7, 11) is 0. The molecule has 0 aliphatic heterocycles. The molecule has 0 aromatic heterocycles. The first-order valence-electron chi connectivity index (χ1n) is 7.35. The molecule has 3 nitrogen and oxygen atoms in total. The first-order valence-corrected chi connectivity index (χ1v) is 8.93. The second-order valence-corrected chi connectivity index (χ2v) is 7.41. The van der Waals surface area contributed by atoms with Crippen LogP contribution in [0.2, 0.25) is 0 Å². The fourth-order valence-corrected chi connectivity index (χ4v) is 2.91. The normalized spacial score (nSPS) is 10.7. The molecule has 0 spiro atoms. The van der Waals surface area contributed by atoms with E-state index in [1.807, 2.05) is 37.3 Å². The first-order chi connectivity index (χ1) is 10.9. The van der Waals surface area contributed by atoms with Crippen LogP contribution in [-0.4, -0.2) is 12.5 Å². The number of halogens is 2. The van der Waals surface area contributed by atoms with Crippen molar-refractivity contribution in [3.63, 3.8) is 0 Å². The smallest absolute Gasteiger partial charge is 0.262 e. The second kappa shape index (κ2) is 7.97. The zero-order valence-corrected chi connectivity index (χ0v) is 16.5. The van der Waals surface area contributed by atoms with Gasteiger partial charge in [-0.3, -0.25) is 4.79 Å². The molecule has 23 heavy (non-hydrogen) atoms. The fraction of sp³-hybridized carbons (Fsp3) is 0.278. The van der Waals surface area contributed by atoms with Crippen LogP contribution in [0.1, 0.15) is 30.9 Å². The molecule has 0 saturated carbocycles. The lowest BCUT2D eigenvalue weighted by molar-refractivity contribution is -0.118. The lowest BCUT2D eigenvalue weighted by Gasteiger charge is -2.16. The minimum atomic E-state index is -0.182. The molecule has 2 aromatic rings. The van der Waals surface area contributed by atoms with Gasteiger partial charge in [-0.05, 0) is 54.3 Å². The van der Waals surface area contributed by atoms with Crippen molar-refractivity contribution in [2.24, 2.45) is 0 Å². The van der Waals surface area contributed by atoms with Gasteiger partial charge in [0.25, 0.3) is 5.91 Å². The average molecular weight is 441 g/mol. The van der Waals surface area contributed by atoms with E-state index in [2.05, 4.69) is 57.1 Å². The molecule has 0 saturated heterocycles. The summed E-state index contributed by atoms with van der Waals surface area (Å²) in [6.45, 7) is 6.19. The molecular formula is C18H19Br2NO2. The van der Waals surface area contributed by atoms with Crippen molar-refractivity contribution in [1.29, 1.82) is 0 Å². The quantitative estimate of drug-likeness (QED) is 0.651. The van der Waals surface area contributed by atoms with E-state index in [-0.39, 0.29) is 12.5 Å². The molecule has 1 N–H and O–H groups in total. The van der Waals surface area contributed by atoms with Crippen LogP contribution in [0.5, 0.6) is 5.75 Å². The maximum atomic E-state index is 12.1. The molecule has 2 rings (SSSR count). The molecule has 0 fully saturated rings. The minimum absolute atomic E-state index is 0.0205. The molecule has 5 heteroatoms. The number of benzene rings is 2. The number of rotatable bonds is 5. The topological polar surface area (TPSA) is 38.3 Å². The lowest BCUT2D eigenvalue weighted by Crippen LogP contribution is -2.20. The van der Waals surface area contributed by atoms with Crippen LogP contribution in [-0.2, 0) is 4.79 Å². The molecule has 122 valence electrons. The Kier molecular flexibility index (Phi) is 6.25. The Labute approximate surface area is 153 Å². The summed E-state index contributed by atoms with van der Waals surface area (Å²) in [5.41, 5.74) is 2.90. The van der Waals surface area contributed by atoms with Crippen LogP contribution in [0.4, 0.5) is 5.69 Å². The summed E-state index contributed by atoms with van der Waals surface area (Å²) in [5.74, 6) is 0.888. The summed E-state index contributed by atoms with van der Waals surface area (Å²) in [5, 5.41) is 2.82. The highest BCUT2D eigenvalue weighted by molar-refractivity contribution is 9.10. The zero-order chi connectivity index (χ0) is 17.0. The molecule has 0 heterocycles. The highest BCUT2D eigenvalue weighted by atomic mass is 79.9. The van der Waals surface area contributed by atoms with Gasteiger partial charge < -0.3 is 10.1 Å². The summed E-state index contributed by atoms with van der Waals surface area (Å²) >= 11 is 6.92. The highest BCUT2D eigenvalue weighted by Gasteiger charge is 2.12. The maximum absolute atomic E-state index is 12.1. The predicted molar refractivity (Wildman–Crippen MR) is 101 cm³/mol. The van der Waals surface area contributed by atoms with Gasteiger partial charge in [0.2, 0.25) is 0 Å². The van der Waals surface area contributed by atoms with Crippen molar-refractivity contribution in [2.75, 3.05) is 11.9 Å². The van der Waals surface area contributed by atoms with Crippen molar-refractivity contribution in [3.8, 4) is 5.75 Å². The van der Waals surface area contributed by atoms with E-state index < -0.39 is 0 Å². The van der Waals surface area contributed by atoms with Crippen molar-refractivity contribution < 1.29 is 9.53 Å². The van der Waals surface area contributed by atoms with Crippen molar-refractivity contribution in [2.45, 2.75) is 26.7 Å². The van der Waals surface area contributed by atoms with Crippen molar-refractivity contribution in [1.82, 2.24) is 0 Å². The van der Waals surface area contributed by atoms with Gasteiger partial charge in [-0.2, -0.15) is 0 Å². The second-order valence-electron chi connectivity index (χ2n) is 5.64. The Morgan fingerprint density at radius 1 is 1.22 bits per heavy atom. The SMILES string of the molecule is Cc1cc(OCC(=O)Nc2cccc(Br)c2)c(C(C)C)cc1Br. The Bertz CT molecular complexity index is 714. The molecule has 0 atom stereocenters. The van der Waals surface area contributed by atoms with Gasteiger partial charge in [0, 0.05) is 14.6 Å².